The van der Waals surface area contributed by atoms with E-state index in [2.05, 4.69) is 5.32 Å². The van der Waals surface area contributed by atoms with E-state index in [1.807, 2.05) is 32.5 Å². The van der Waals surface area contributed by atoms with Gasteiger partial charge in [0.15, 0.2) is 0 Å². The summed E-state index contributed by atoms with van der Waals surface area (Å²) < 4.78 is 5.18. The van der Waals surface area contributed by atoms with Gasteiger partial charge in [-0.1, -0.05) is 0 Å². The number of alkyl carbamates (subject to hydrolysis) is 1. The number of carbonyl (C=O) groups excluding carboxylic acids is 1. The van der Waals surface area contributed by atoms with Crippen LogP contribution in [0, 0.1) is 11.8 Å². The van der Waals surface area contributed by atoms with Gasteiger partial charge in [-0.2, -0.15) is 11.8 Å². The van der Waals surface area contributed by atoms with Crippen molar-refractivity contribution < 1.29 is 14.6 Å². The fourth-order valence-corrected chi connectivity index (χ4v) is 3.16. The summed E-state index contributed by atoms with van der Waals surface area (Å²) in [4.78, 5) is 11.5. The molecule has 1 fully saturated rings. The van der Waals surface area contributed by atoms with Gasteiger partial charge >= 0.3 is 6.09 Å². The van der Waals surface area contributed by atoms with Gasteiger partial charge in [0.25, 0.3) is 0 Å². The summed E-state index contributed by atoms with van der Waals surface area (Å²) in [7, 11) is 0. The van der Waals surface area contributed by atoms with Gasteiger partial charge in [0, 0.05) is 13.2 Å². The third kappa shape index (κ3) is 5.64. The monoisotopic (exact) mass is 261 g/mol. The number of thioether (sulfide) groups is 1. The van der Waals surface area contributed by atoms with Crippen LogP contribution in [0.15, 0.2) is 0 Å². The van der Waals surface area contributed by atoms with E-state index in [1.54, 1.807) is 0 Å². The van der Waals surface area contributed by atoms with Gasteiger partial charge in [-0.3, -0.25) is 0 Å². The number of aliphatic hydroxyl groups excluding tert-OH is 1. The normalized spacial score (nSPS) is 25.4. The van der Waals surface area contributed by atoms with Gasteiger partial charge in [0.1, 0.15) is 5.60 Å². The molecule has 1 aliphatic heterocycles. The second kappa shape index (κ2) is 6.50. The minimum absolute atomic E-state index is 0.210. The van der Waals surface area contributed by atoms with Crippen molar-refractivity contribution in [3.05, 3.63) is 0 Å². The fraction of sp³-hybridized carbons (Fsp3) is 0.917. The van der Waals surface area contributed by atoms with Crippen LogP contribution in [0.4, 0.5) is 4.79 Å². The van der Waals surface area contributed by atoms with Crippen molar-refractivity contribution in [1.29, 1.82) is 0 Å². The smallest absolute Gasteiger partial charge is 0.407 e. The average Bonchev–Trinajstić information content (AvgIpc) is 2.24. The number of aliphatic hydroxyl groups is 1. The molecule has 17 heavy (non-hydrogen) atoms. The number of hydrogen-bond donors (Lipinski definition) is 2. The molecule has 1 aliphatic rings. The molecule has 4 nitrogen and oxygen atoms in total. The van der Waals surface area contributed by atoms with Gasteiger partial charge in [-0.15, -0.1) is 0 Å². The van der Waals surface area contributed by atoms with E-state index < -0.39 is 5.60 Å². The zero-order chi connectivity index (χ0) is 12.9. The van der Waals surface area contributed by atoms with Crippen LogP contribution in [0.1, 0.15) is 27.2 Å². The quantitative estimate of drug-likeness (QED) is 0.814. The fourth-order valence-electron chi connectivity index (χ4n) is 1.84. The summed E-state index contributed by atoms with van der Waals surface area (Å²) in [6.45, 7) is 6.34. The summed E-state index contributed by atoms with van der Waals surface area (Å²) in [5.74, 6) is 2.77. The molecule has 0 spiro atoms. The second-order valence-corrected chi connectivity index (χ2v) is 6.60. The third-order valence-corrected chi connectivity index (χ3v) is 3.96. The van der Waals surface area contributed by atoms with Gasteiger partial charge in [0.05, 0.1) is 0 Å². The average molecular weight is 261 g/mol. The standard InChI is InChI=1S/C12H23NO3S/c1-12(2,3)16-11(15)13-6-10-8-17-5-4-9(10)7-14/h9-10,14H,4-8H2,1-3H3,(H,13,15). The highest BCUT2D eigenvalue weighted by Gasteiger charge is 2.26. The first-order valence-electron chi connectivity index (χ1n) is 6.08. The van der Waals surface area contributed by atoms with Crippen LogP contribution in [0.2, 0.25) is 0 Å². The largest absolute Gasteiger partial charge is 0.444 e. The number of ether oxygens (including phenoxy) is 1. The van der Waals surface area contributed by atoms with Gasteiger partial charge in [0.2, 0.25) is 0 Å². The Labute approximate surface area is 107 Å². The first-order chi connectivity index (χ1) is 7.92. The second-order valence-electron chi connectivity index (χ2n) is 5.45. The van der Waals surface area contributed by atoms with E-state index in [0.29, 0.717) is 18.4 Å². The molecule has 100 valence electrons. The molecule has 2 atom stereocenters. The lowest BCUT2D eigenvalue weighted by Gasteiger charge is -2.30. The number of nitrogens with one attached hydrogen (secondary N) is 1. The van der Waals surface area contributed by atoms with Crippen LogP contribution in [0.3, 0.4) is 0 Å². The zero-order valence-electron chi connectivity index (χ0n) is 10.9. The molecule has 0 aliphatic carbocycles. The first kappa shape index (κ1) is 14.6. The minimum Gasteiger partial charge on any atom is -0.444 e. The Kier molecular flexibility index (Phi) is 5.59. The van der Waals surface area contributed by atoms with E-state index in [9.17, 15) is 9.90 Å². The molecule has 0 aromatic carbocycles. The maximum absolute atomic E-state index is 11.5. The lowest BCUT2D eigenvalue weighted by atomic mass is 9.92. The molecule has 1 heterocycles. The summed E-state index contributed by atoms with van der Waals surface area (Å²) in [5.41, 5.74) is -0.457. The number of hydrogen-bond acceptors (Lipinski definition) is 4. The van der Waals surface area contributed by atoms with Crippen LogP contribution in [-0.2, 0) is 4.74 Å². The highest BCUT2D eigenvalue weighted by atomic mass is 32.2. The van der Waals surface area contributed by atoms with Crippen molar-refractivity contribution in [2.45, 2.75) is 32.8 Å². The molecule has 1 rings (SSSR count). The zero-order valence-corrected chi connectivity index (χ0v) is 11.7. The molecule has 1 amide bonds. The van der Waals surface area contributed by atoms with Crippen molar-refractivity contribution in [2.24, 2.45) is 11.8 Å². The molecule has 5 heteroatoms. The number of amides is 1. The Morgan fingerprint density at radius 2 is 2.18 bits per heavy atom. The Hall–Kier alpha value is -0.420. The molecule has 0 radical (unpaired) electrons. The lowest BCUT2D eigenvalue weighted by molar-refractivity contribution is 0.0508. The van der Waals surface area contributed by atoms with Gasteiger partial charge in [-0.05, 0) is 50.5 Å². The van der Waals surface area contributed by atoms with E-state index in [-0.39, 0.29) is 12.7 Å². The van der Waals surface area contributed by atoms with Crippen molar-refractivity contribution in [3.63, 3.8) is 0 Å². The minimum atomic E-state index is -0.457. The molecule has 2 N–H and O–H groups in total. The summed E-state index contributed by atoms with van der Waals surface area (Å²) in [5, 5.41) is 12.0. The molecule has 0 saturated carbocycles. The third-order valence-electron chi connectivity index (χ3n) is 2.77. The predicted octanol–water partition coefficient (Wildman–Crippen LogP) is 1.87. The summed E-state index contributed by atoms with van der Waals surface area (Å²) in [6.07, 6.45) is 0.659. The Bertz CT molecular complexity index is 253. The van der Waals surface area contributed by atoms with Gasteiger partial charge in [-0.25, -0.2) is 4.79 Å². The molecular weight excluding hydrogens is 238 g/mol. The Morgan fingerprint density at radius 1 is 1.47 bits per heavy atom. The summed E-state index contributed by atoms with van der Waals surface area (Å²) >= 11 is 1.88. The van der Waals surface area contributed by atoms with Crippen molar-refractivity contribution >= 4 is 17.9 Å². The van der Waals surface area contributed by atoms with Crippen LogP contribution in [0.5, 0.6) is 0 Å². The van der Waals surface area contributed by atoms with Crippen LogP contribution in [-0.4, -0.2) is 41.5 Å². The highest BCUT2D eigenvalue weighted by Crippen LogP contribution is 2.27. The van der Waals surface area contributed by atoms with Crippen LogP contribution < -0.4 is 5.32 Å². The predicted molar refractivity (Wildman–Crippen MR) is 70.2 cm³/mol. The molecular formula is C12H23NO3S. The lowest BCUT2D eigenvalue weighted by Crippen LogP contribution is -2.39. The van der Waals surface area contributed by atoms with Crippen molar-refractivity contribution in [3.8, 4) is 0 Å². The number of rotatable bonds is 3. The molecule has 0 bridgehead atoms. The van der Waals surface area contributed by atoms with E-state index in [1.165, 1.54) is 0 Å². The molecule has 2 unspecified atom stereocenters. The Morgan fingerprint density at radius 3 is 2.76 bits per heavy atom. The number of carbonyl (C=O) groups is 1. The van der Waals surface area contributed by atoms with Crippen molar-refractivity contribution in [1.82, 2.24) is 5.32 Å². The van der Waals surface area contributed by atoms with Gasteiger partial charge < -0.3 is 15.2 Å². The molecule has 0 aromatic rings. The topological polar surface area (TPSA) is 58.6 Å². The van der Waals surface area contributed by atoms with E-state index >= 15 is 0 Å². The molecule has 0 aromatic heterocycles. The van der Waals surface area contributed by atoms with Crippen molar-refractivity contribution in [2.75, 3.05) is 24.7 Å². The Balaban J connectivity index is 2.31. The first-order valence-corrected chi connectivity index (χ1v) is 7.23. The van der Waals surface area contributed by atoms with E-state index in [0.717, 1.165) is 17.9 Å². The SMILES string of the molecule is CC(C)(C)OC(=O)NCC1CSCCC1CO. The van der Waals surface area contributed by atoms with Crippen LogP contribution in [0.25, 0.3) is 0 Å². The highest BCUT2D eigenvalue weighted by molar-refractivity contribution is 7.99. The maximum atomic E-state index is 11.5. The van der Waals surface area contributed by atoms with E-state index in [4.69, 9.17) is 4.74 Å². The summed E-state index contributed by atoms with van der Waals surface area (Å²) in [6, 6.07) is 0. The maximum Gasteiger partial charge on any atom is 0.407 e. The molecule has 1 saturated heterocycles. The van der Waals surface area contributed by atoms with Crippen LogP contribution >= 0.6 is 11.8 Å².